The highest BCUT2D eigenvalue weighted by molar-refractivity contribution is 6.17. The Kier molecular flexibility index (Phi) is 4.39. The molecule has 0 aromatic carbocycles. The Labute approximate surface area is 128 Å². The van der Waals surface area contributed by atoms with Crippen molar-refractivity contribution in [2.24, 2.45) is 0 Å². The molecule has 0 spiro atoms. The minimum Gasteiger partial charge on any atom is -0.353 e. The van der Waals surface area contributed by atoms with Gasteiger partial charge in [-0.1, -0.05) is 0 Å². The number of nitrogens with one attached hydrogen (secondary N) is 1. The number of imidazole rings is 1. The van der Waals surface area contributed by atoms with E-state index in [0.29, 0.717) is 18.3 Å². The third-order valence-corrected chi connectivity index (χ3v) is 3.86. The van der Waals surface area contributed by atoms with E-state index < -0.39 is 0 Å². The molecule has 3 rings (SSSR count). The van der Waals surface area contributed by atoms with Gasteiger partial charge in [-0.3, -0.25) is 9.78 Å². The second-order valence-corrected chi connectivity index (χ2v) is 5.81. The molecular weight excluding hydrogens is 288 g/mol. The van der Waals surface area contributed by atoms with E-state index in [1.807, 2.05) is 6.07 Å². The number of halogens is 1. The Hall–Kier alpha value is -1.62. The van der Waals surface area contributed by atoms with Crippen LogP contribution in [0.25, 0.3) is 11.0 Å². The summed E-state index contributed by atoms with van der Waals surface area (Å²) in [6, 6.07) is 2.40. The predicted octanol–water partition coefficient (Wildman–Crippen LogP) is 2.27. The van der Waals surface area contributed by atoms with Crippen molar-refractivity contribution < 1.29 is 4.79 Å². The topological polar surface area (TPSA) is 59.8 Å². The summed E-state index contributed by atoms with van der Waals surface area (Å²) in [5.41, 5.74) is 1.95. The first-order chi connectivity index (χ1) is 10.3. The lowest BCUT2D eigenvalue weighted by Crippen LogP contribution is -2.25. The quantitative estimate of drug-likeness (QED) is 0.798. The number of hydrogen-bond acceptors (Lipinski definition) is 3. The molecule has 1 amide bonds. The largest absolute Gasteiger partial charge is 0.353 e. The van der Waals surface area contributed by atoms with Gasteiger partial charge in [-0.15, -0.1) is 11.6 Å². The summed E-state index contributed by atoms with van der Waals surface area (Å²) in [7, 11) is 0. The fraction of sp³-hybridized carbons (Fsp3) is 0.533. The SMILES string of the molecule is O=C(CCCn1c(CCCl)nc2cnccc21)NC1CC1. The molecule has 0 unspecified atom stereocenters. The average molecular weight is 307 g/mol. The molecule has 0 bridgehead atoms. The first kappa shape index (κ1) is 14.3. The molecule has 1 saturated carbocycles. The van der Waals surface area contributed by atoms with Gasteiger partial charge >= 0.3 is 0 Å². The van der Waals surface area contributed by atoms with E-state index >= 15 is 0 Å². The van der Waals surface area contributed by atoms with Crippen molar-refractivity contribution in [1.82, 2.24) is 19.9 Å². The molecule has 1 N–H and O–H groups in total. The van der Waals surface area contributed by atoms with E-state index in [1.165, 1.54) is 0 Å². The summed E-state index contributed by atoms with van der Waals surface area (Å²) in [5.74, 6) is 1.66. The van der Waals surface area contributed by atoms with Crippen LogP contribution in [-0.2, 0) is 17.8 Å². The Bertz CT molecular complexity index is 636. The van der Waals surface area contributed by atoms with Crippen LogP contribution >= 0.6 is 11.6 Å². The molecule has 2 aromatic heterocycles. The number of pyridine rings is 1. The van der Waals surface area contributed by atoms with Crippen molar-refractivity contribution in [1.29, 1.82) is 0 Å². The zero-order valence-electron chi connectivity index (χ0n) is 11.9. The smallest absolute Gasteiger partial charge is 0.220 e. The van der Waals surface area contributed by atoms with Gasteiger partial charge in [0.1, 0.15) is 11.3 Å². The fourth-order valence-electron chi connectivity index (χ4n) is 2.48. The predicted molar refractivity (Wildman–Crippen MR) is 82.4 cm³/mol. The highest BCUT2D eigenvalue weighted by atomic mass is 35.5. The van der Waals surface area contributed by atoms with Crippen LogP contribution in [0.15, 0.2) is 18.5 Å². The Morgan fingerprint density at radius 1 is 1.48 bits per heavy atom. The number of carbonyl (C=O) groups is 1. The fourth-order valence-corrected chi connectivity index (χ4v) is 2.65. The normalized spacial score (nSPS) is 14.5. The first-order valence-electron chi connectivity index (χ1n) is 7.42. The van der Waals surface area contributed by atoms with E-state index in [0.717, 1.165) is 49.1 Å². The summed E-state index contributed by atoms with van der Waals surface area (Å²) in [6.45, 7) is 0.783. The van der Waals surface area contributed by atoms with Crippen molar-refractivity contribution in [2.75, 3.05) is 5.88 Å². The van der Waals surface area contributed by atoms with E-state index in [4.69, 9.17) is 11.6 Å². The number of aromatic nitrogens is 3. The molecule has 0 atom stereocenters. The maximum absolute atomic E-state index is 11.7. The van der Waals surface area contributed by atoms with Gasteiger partial charge in [-0.2, -0.15) is 0 Å². The maximum Gasteiger partial charge on any atom is 0.220 e. The molecular formula is C15H19ClN4O. The molecule has 1 fully saturated rings. The summed E-state index contributed by atoms with van der Waals surface area (Å²) >= 11 is 5.85. The minimum atomic E-state index is 0.155. The van der Waals surface area contributed by atoms with Crippen molar-refractivity contribution in [3.05, 3.63) is 24.3 Å². The van der Waals surface area contributed by atoms with E-state index in [9.17, 15) is 4.79 Å². The number of amides is 1. The third-order valence-electron chi connectivity index (χ3n) is 3.68. The standard InChI is InChI=1S/C15H19ClN4O/c16-7-5-14-19-12-10-17-8-6-13(12)20(14)9-1-2-15(21)18-11-3-4-11/h6,8,10-11H,1-5,7,9H2,(H,18,21). The van der Waals surface area contributed by atoms with Crippen molar-refractivity contribution in [3.63, 3.8) is 0 Å². The van der Waals surface area contributed by atoms with Crippen molar-refractivity contribution in [2.45, 2.75) is 44.7 Å². The van der Waals surface area contributed by atoms with Crippen LogP contribution in [0.5, 0.6) is 0 Å². The Morgan fingerprint density at radius 3 is 3.10 bits per heavy atom. The second-order valence-electron chi connectivity index (χ2n) is 5.43. The van der Waals surface area contributed by atoms with Gasteiger partial charge in [0, 0.05) is 37.5 Å². The summed E-state index contributed by atoms with van der Waals surface area (Å²) in [5, 5.41) is 3.02. The number of nitrogens with zero attached hydrogens (tertiary/aromatic N) is 3. The second kappa shape index (κ2) is 6.43. The molecule has 0 aliphatic heterocycles. The summed E-state index contributed by atoms with van der Waals surface area (Å²) in [6.07, 6.45) is 7.89. The lowest BCUT2D eigenvalue weighted by Gasteiger charge is -2.08. The van der Waals surface area contributed by atoms with Crippen LogP contribution < -0.4 is 5.32 Å². The average Bonchev–Trinajstić information content (AvgIpc) is 3.21. The Balaban J connectivity index is 1.66. The van der Waals surface area contributed by atoms with E-state index in [1.54, 1.807) is 12.4 Å². The van der Waals surface area contributed by atoms with Crippen LogP contribution in [0, 0.1) is 0 Å². The molecule has 2 aromatic rings. The number of alkyl halides is 1. The van der Waals surface area contributed by atoms with Gasteiger partial charge in [0.15, 0.2) is 0 Å². The number of carbonyl (C=O) groups excluding carboxylic acids is 1. The van der Waals surface area contributed by atoms with Crippen LogP contribution in [-0.4, -0.2) is 32.4 Å². The van der Waals surface area contributed by atoms with Gasteiger partial charge in [0.25, 0.3) is 0 Å². The molecule has 112 valence electrons. The monoisotopic (exact) mass is 306 g/mol. The van der Waals surface area contributed by atoms with Crippen LogP contribution in [0.3, 0.4) is 0 Å². The van der Waals surface area contributed by atoms with Gasteiger partial charge < -0.3 is 9.88 Å². The molecule has 5 nitrogen and oxygen atoms in total. The van der Waals surface area contributed by atoms with Crippen LogP contribution in [0.4, 0.5) is 0 Å². The maximum atomic E-state index is 11.7. The molecule has 21 heavy (non-hydrogen) atoms. The lowest BCUT2D eigenvalue weighted by atomic mass is 10.2. The highest BCUT2D eigenvalue weighted by Gasteiger charge is 2.22. The van der Waals surface area contributed by atoms with Gasteiger partial charge in [-0.25, -0.2) is 4.98 Å². The molecule has 0 saturated heterocycles. The molecule has 1 aliphatic carbocycles. The first-order valence-corrected chi connectivity index (χ1v) is 7.96. The van der Waals surface area contributed by atoms with Gasteiger partial charge in [-0.05, 0) is 25.3 Å². The van der Waals surface area contributed by atoms with Gasteiger partial charge in [0.05, 0.1) is 11.7 Å². The molecule has 2 heterocycles. The number of fused-ring (bicyclic) bond motifs is 1. The number of hydrogen-bond donors (Lipinski definition) is 1. The summed E-state index contributed by atoms with van der Waals surface area (Å²) in [4.78, 5) is 20.4. The number of rotatable bonds is 7. The summed E-state index contributed by atoms with van der Waals surface area (Å²) < 4.78 is 2.16. The van der Waals surface area contributed by atoms with Gasteiger partial charge in [0.2, 0.25) is 5.91 Å². The van der Waals surface area contributed by atoms with Crippen molar-refractivity contribution in [3.8, 4) is 0 Å². The molecule has 0 radical (unpaired) electrons. The zero-order chi connectivity index (χ0) is 14.7. The van der Waals surface area contributed by atoms with Crippen LogP contribution in [0.1, 0.15) is 31.5 Å². The minimum absolute atomic E-state index is 0.155. The highest BCUT2D eigenvalue weighted by Crippen LogP contribution is 2.19. The Morgan fingerprint density at radius 2 is 2.33 bits per heavy atom. The third kappa shape index (κ3) is 3.53. The zero-order valence-corrected chi connectivity index (χ0v) is 12.6. The number of aryl methyl sites for hydroxylation is 2. The van der Waals surface area contributed by atoms with E-state index in [-0.39, 0.29) is 5.91 Å². The lowest BCUT2D eigenvalue weighted by molar-refractivity contribution is -0.121. The molecule has 1 aliphatic rings. The van der Waals surface area contributed by atoms with Crippen molar-refractivity contribution >= 4 is 28.5 Å². The van der Waals surface area contributed by atoms with Crippen LogP contribution in [0.2, 0.25) is 0 Å². The van der Waals surface area contributed by atoms with E-state index in [2.05, 4.69) is 19.9 Å². The molecule has 6 heteroatoms.